The van der Waals surface area contributed by atoms with Gasteiger partial charge in [-0.05, 0) is 55.0 Å². The van der Waals surface area contributed by atoms with Crippen LogP contribution in [0, 0.1) is 18.3 Å². The van der Waals surface area contributed by atoms with Gasteiger partial charge in [0.25, 0.3) is 5.91 Å². The molecule has 0 spiro atoms. The van der Waals surface area contributed by atoms with Crippen molar-refractivity contribution in [1.29, 1.82) is 5.26 Å². The van der Waals surface area contributed by atoms with E-state index in [0.717, 1.165) is 22.2 Å². The molecule has 164 valence electrons. The summed E-state index contributed by atoms with van der Waals surface area (Å²) >= 11 is 0. The first-order valence-corrected chi connectivity index (χ1v) is 9.99. The van der Waals surface area contributed by atoms with Crippen LogP contribution in [-0.4, -0.2) is 40.8 Å². The first kappa shape index (κ1) is 21.5. The Bertz CT molecular complexity index is 1400. The number of carbonyl (C=O) groups is 2. The highest BCUT2D eigenvalue weighted by atomic mass is 16.5. The van der Waals surface area contributed by atoms with Gasteiger partial charge in [-0.2, -0.15) is 10.4 Å². The van der Waals surface area contributed by atoms with Crippen LogP contribution in [-0.2, 0) is 4.74 Å². The van der Waals surface area contributed by atoms with Crippen LogP contribution in [0.15, 0.2) is 61.1 Å². The minimum atomic E-state index is -0.601. The maximum atomic E-state index is 13.2. The number of hydrogen-bond donors (Lipinski definition) is 1. The quantitative estimate of drug-likeness (QED) is 0.513. The number of rotatable bonds is 4. The second-order valence-electron chi connectivity index (χ2n) is 7.33. The molecular weight excluding hydrogens is 420 g/mol. The summed E-state index contributed by atoms with van der Waals surface area (Å²) in [6.45, 7) is 1.84. The van der Waals surface area contributed by atoms with Crippen molar-refractivity contribution in [2.75, 3.05) is 24.4 Å². The highest BCUT2D eigenvalue weighted by molar-refractivity contribution is 6.06. The van der Waals surface area contributed by atoms with Crippen molar-refractivity contribution in [3.63, 3.8) is 0 Å². The number of benzene rings is 1. The first-order valence-electron chi connectivity index (χ1n) is 9.99. The molecule has 1 N–H and O–H groups in total. The molecule has 1 aromatic carbocycles. The number of carbonyl (C=O) groups excluding carboxylic acids is 2. The number of nitriles is 1. The topological polar surface area (TPSA) is 113 Å². The van der Waals surface area contributed by atoms with Gasteiger partial charge < -0.3 is 9.64 Å². The van der Waals surface area contributed by atoms with Gasteiger partial charge in [-0.25, -0.2) is 14.3 Å². The summed E-state index contributed by atoms with van der Waals surface area (Å²) in [7, 11) is 2.98. The number of amides is 2. The standard InChI is InChI=1S/C24H20N6O3/c1-15-10-19(6-4-17(15)12-25)29(2)23(31)16-8-9-30-21(11-16)20(14-27-30)18-5-7-22(26-13-18)28-24(32)33-3/h4-11,13-14H,1-3H3,(H,26,28,32). The summed E-state index contributed by atoms with van der Waals surface area (Å²) in [6, 6.07) is 14.3. The van der Waals surface area contributed by atoms with Crippen molar-refractivity contribution in [3.05, 3.63) is 77.7 Å². The molecule has 0 bridgehead atoms. The van der Waals surface area contributed by atoms with E-state index >= 15 is 0 Å². The Hall–Kier alpha value is -4.71. The van der Waals surface area contributed by atoms with Crippen molar-refractivity contribution < 1.29 is 14.3 Å². The second kappa shape index (κ2) is 8.80. The summed E-state index contributed by atoms with van der Waals surface area (Å²) in [5.74, 6) is 0.168. The minimum Gasteiger partial charge on any atom is -0.453 e. The van der Waals surface area contributed by atoms with E-state index in [2.05, 4.69) is 26.2 Å². The number of pyridine rings is 2. The summed E-state index contributed by atoms with van der Waals surface area (Å²) in [4.78, 5) is 30.3. The number of methoxy groups -OCH3 is 1. The molecule has 0 aliphatic rings. The van der Waals surface area contributed by atoms with Crippen molar-refractivity contribution in [2.24, 2.45) is 0 Å². The van der Waals surface area contributed by atoms with Gasteiger partial charge in [-0.15, -0.1) is 0 Å². The Morgan fingerprint density at radius 2 is 1.97 bits per heavy atom. The molecule has 0 aliphatic heterocycles. The van der Waals surface area contributed by atoms with Crippen LogP contribution < -0.4 is 10.2 Å². The van der Waals surface area contributed by atoms with E-state index < -0.39 is 6.09 Å². The van der Waals surface area contributed by atoms with Gasteiger partial charge in [0, 0.05) is 41.8 Å². The molecule has 0 fully saturated rings. The Balaban J connectivity index is 1.64. The molecule has 0 radical (unpaired) electrons. The number of ether oxygens (including phenoxy) is 1. The third-order valence-electron chi connectivity index (χ3n) is 5.28. The third-order valence-corrected chi connectivity index (χ3v) is 5.28. The van der Waals surface area contributed by atoms with Gasteiger partial charge in [-0.3, -0.25) is 10.1 Å². The Morgan fingerprint density at radius 3 is 2.64 bits per heavy atom. The summed E-state index contributed by atoms with van der Waals surface area (Å²) in [5.41, 5.74) is 4.88. The second-order valence-corrected chi connectivity index (χ2v) is 7.33. The summed E-state index contributed by atoms with van der Waals surface area (Å²) < 4.78 is 6.24. The molecule has 4 rings (SSSR count). The zero-order valence-electron chi connectivity index (χ0n) is 18.2. The molecule has 0 aliphatic carbocycles. The smallest absolute Gasteiger partial charge is 0.412 e. The van der Waals surface area contributed by atoms with Gasteiger partial charge in [0.15, 0.2) is 0 Å². The number of aryl methyl sites for hydroxylation is 1. The zero-order chi connectivity index (χ0) is 23.5. The van der Waals surface area contributed by atoms with E-state index in [0.29, 0.717) is 22.6 Å². The summed E-state index contributed by atoms with van der Waals surface area (Å²) in [6.07, 6.45) is 4.44. The minimum absolute atomic E-state index is 0.190. The number of nitrogens with one attached hydrogen (secondary N) is 1. The van der Waals surface area contributed by atoms with Crippen LogP contribution in [0.5, 0.6) is 0 Å². The molecule has 0 atom stereocenters. The fourth-order valence-electron chi connectivity index (χ4n) is 3.41. The number of aromatic nitrogens is 3. The molecule has 9 heteroatoms. The number of fused-ring (bicyclic) bond motifs is 1. The van der Waals surface area contributed by atoms with Crippen molar-refractivity contribution >= 4 is 29.0 Å². The van der Waals surface area contributed by atoms with E-state index in [1.165, 1.54) is 7.11 Å². The molecule has 3 aromatic heterocycles. The lowest BCUT2D eigenvalue weighted by Crippen LogP contribution is -2.26. The first-order chi connectivity index (χ1) is 15.9. The molecule has 2 amide bonds. The van der Waals surface area contributed by atoms with E-state index in [1.54, 1.807) is 71.5 Å². The fraction of sp³-hybridized carbons (Fsp3) is 0.125. The largest absolute Gasteiger partial charge is 0.453 e. The van der Waals surface area contributed by atoms with Crippen molar-refractivity contribution in [2.45, 2.75) is 6.92 Å². The number of anilines is 2. The molecule has 9 nitrogen and oxygen atoms in total. The normalized spacial score (nSPS) is 10.5. The van der Waals surface area contributed by atoms with Gasteiger partial charge in [0.1, 0.15) is 5.82 Å². The lowest BCUT2D eigenvalue weighted by molar-refractivity contribution is 0.0993. The zero-order valence-corrected chi connectivity index (χ0v) is 18.2. The van der Waals surface area contributed by atoms with Gasteiger partial charge in [0.05, 0.1) is 30.5 Å². The van der Waals surface area contributed by atoms with Gasteiger partial charge >= 0.3 is 6.09 Å². The molecule has 33 heavy (non-hydrogen) atoms. The molecular formula is C24H20N6O3. The highest BCUT2D eigenvalue weighted by Gasteiger charge is 2.17. The predicted molar refractivity (Wildman–Crippen MR) is 123 cm³/mol. The van der Waals surface area contributed by atoms with Gasteiger partial charge in [-0.1, -0.05) is 0 Å². The Labute approximate surface area is 189 Å². The lowest BCUT2D eigenvalue weighted by atomic mass is 10.1. The Morgan fingerprint density at radius 1 is 1.15 bits per heavy atom. The van der Waals surface area contributed by atoms with Crippen LogP contribution >= 0.6 is 0 Å². The lowest BCUT2D eigenvalue weighted by Gasteiger charge is -2.18. The van der Waals surface area contributed by atoms with Gasteiger partial charge in [0.2, 0.25) is 0 Å². The van der Waals surface area contributed by atoms with Crippen molar-refractivity contribution in [1.82, 2.24) is 14.6 Å². The maximum absolute atomic E-state index is 13.2. The molecule has 3 heterocycles. The fourth-order valence-corrected chi connectivity index (χ4v) is 3.41. The third kappa shape index (κ3) is 4.22. The average Bonchev–Trinajstić information content (AvgIpc) is 3.26. The van der Waals surface area contributed by atoms with E-state index in [4.69, 9.17) is 5.26 Å². The number of nitrogens with zero attached hydrogens (tertiary/aromatic N) is 5. The molecule has 0 saturated heterocycles. The van der Waals surface area contributed by atoms with Crippen LogP contribution in [0.4, 0.5) is 16.3 Å². The average molecular weight is 440 g/mol. The van der Waals surface area contributed by atoms with E-state index in [9.17, 15) is 9.59 Å². The molecule has 4 aromatic rings. The molecule has 0 unspecified atom stereocenters. The monoisotopic (exact) mass is 440 g/mol. The Kier molecular flexibility index (Phi) is 5.74. The van der Waals surface area contributed by atoms with Crippen LogP contribution in [0.25, 0.3) is 16.6 Å². The van der Waals surface area contributed by atoms with Crippen LogP contribution in [0.2, 0.25) is 0 Å². The summed E-state index contributed by atoms with van der Waals surface area (Å²) in [5, 5.41) is 16.0. The van der Waals surface area contributed by atoms with Crippen LogP contribution in [0.1, 0.15) is 21.5 Å². The number of hydrogen-bond acceptors (Lipinski definition) is 6. The highest BCUT2D eigenvalue weighted by Crippen LogP contribution is 2.26. The predicted octanol–water partition coefficient (Wildman–Crippen LogP) is 4.03. The maximum Gasteiger partial charge on any atom is 0.412 e. The van der Waals surface area contributed by atoms with E-state index in [1.807, 2.05) is 13.0 Å². The SMILES string of the molecule is COC(=O)Nc1ccc(-c2cnn3ccc(C(=O)N(C)c4ccc(C#N)c(C)c4)cc23)cn1. The molecule has 0 saturated carbocycles. The van der Waals surface area contributed by atoms with Crippen LogP contribution in [0.3, 0.4) is 0 Å². The van der Waals surface area contributed by atoms with Crippen molar-refractivity contribution in [3.8, 4) is 17.2 Å². The van der Waals surface area contributed by atoms with E-state index in [-0.39, 0.29) is 5.91 Å².